The third-order valence-electron chi connectivity index (χ3n) is 4.24. The van der Waals surface area contributed by atoms with Gasteiger partial charge in [0.1, 0.15) is 6.04 Å². The molecule has 7 nitrogen and oxygen atoms in total. The number of ether oxygens (including phenoxy) is 2. The van der Waals surface area contributed by atoms with Crippen molar-refractivity contribution in [2.45, 2.75) is 49.7 Å². The summed E-state index contributed by atoms with van der Waals surface area (Å²) in [6, 6.07) is -1.08. The number of hydrogen-bond donors (Lipinski definition) is 1. The molecular weight excluding hydrogens is 358 g/mol. The molecule has 26 heavy (non-hydrogen) atoms. The molecule has 0 bridgehead atoms. The van der Waals surface area contributed by atoms with Crippen LogP contribution >= 0.6 is 0 Å². The first kappa shape index (κ1) is 22.1. The number of carbonyl (C=O) groups is 2. The fourth-order valence-corrected chi connectivity index (χ4v) is 4.90. The molecule has 0 aromatic heterocycles. The van der Waals surface area contributed by atoms with Gasteiger partial charge in [-0.05, 0) is 34.1 Å². The number of esters is 2. The van der Waals surface area contributed by atoms with E-state index in [-0.39, 0.29) is 6.42 Å². The van der Waals surface area contributed by atoms with Gasteiger partial charge in [-0.3, -0.25) is 4.79 Å². The summed E-state index contributed by atoms with van der Waals surface area (Å²) in [6.07, 6.45) is 8.50. The lowest BCUT2D eigenvalue weighted by atomic mass is 9.83. The molecule has 0 aromatic rings. The number of carbonyl (C=O) groups excluding carboxylic acids is 2. The second-order valence-corrected chi connectivity index (χ2v) is 9.91. The van der Waals surface area contributed by atoms with Gasteiger partial charge in [-0.15, -0.1) is 0 Å². The zero-order valence-electron chi connectivity index (χ0n) is 15.8. The van der Waals surface area contributed by atoms with Crippen molar-refractivity contribution in [3.8, 4) is 0 Å². The van der Waals surface area contributed by atoms with Gasteiger partial charge >= 0.3 is 11.9 Å². The zero-order chi connectivity index (χ0) is 20.2. The maximum atomic E-state index is 13.4. The van der Waals surface area contributed by atoms with Gasteiger partial charge in [-0.1, -0.05) is 30.4 Å². The Kier molecular flexibility index (Phi) is 6.95. The third-order valence-corrected chi connectivity index (χ3v) is 7.35. The Labute approximate surface area is 154 Å². The van der Waals surface area contributed by atoms with E-state index >= 15 is 0 Å². The molecule has 1 aliphatic carbocycles. The maximum absolute atomic E-state index is 13.4. The summed E-state index contributed by atoms with van der Waals surface area (Å²) in [7, 11) is -2.88. The summed E-state index contributed by atoms with van der Waals surface area (Å²) in [5, 5.41) is 0. The lowest BCUT2D eigenvalue weighted by Gasteiger charge is -2.40. The van der Waals surface area contributed by atoms with Crippen molar-refractivity contribution in [3.63, 3.8) is 0 Å². The van der Waals surface area contributed by atoms with Gasteiger partial charge < -0.3 is 15.2 Å². The molecule has 2 unspecified atom stereocenters. The summed E-state index contributed by atoms with van der Waals surface area (Å²) in [6.45, 7) is 6.17. The summed E-state index contributed by atoms with van der Waals surface area (Å²) in [5.74, 6) is -2.51. The van der Waals surface area contributed by atoms with E-state index in [0.717, 1.165) is 6.26 Å². The minimum Gasteiger partial charge on any atom is -0.468 e. The van der Waals surface area contributed by atoms with Crippen molar-refractivity contribution >= 4 is 21.8 Å². The standard InChI is InChI=1S/C18H27NO6S/c1-6-11-25-16(21)18(26(22,23)17(2,3)4)10-8-7-9-13(18)12-14(19)15(20)24-5/h6-11,13-14H,12,19H2,1-5H3/t13?,14-,18?/m0/s1. The molecule has 3 atom stereocenters. The lowest BCUT2D eigenvalue weighted by Crippen LogP contribution is -2.58. The summed E-state index contributed by atoms with van der Waals surface area (Å²) < 4.78 is 33.2. The predicted octanol–water partition coefficient (Wildman–Crippen LogP) is 1.65. The number of nitrogens with two attached hydrogens (primary N) is 1. The molecule has 0 saturated carbocycles. The van der Waals surface area contributed by atoms with Crippen LogP contribution in [0.4, 0.5) is 0 Å². The van der Waals surface area contributed by atoms with Gasteiger partial charge in [-0.25, -0.2) is 13.2 Å². The maximum Gasteiger partial charge on any atom is 0.336 e. The van der Waals surface area contributed by atoms with Crippen LogP contribution in [0, 0.1) is 5.92 Å². The number of rotatable bonds is 6. The van der Waals surface area contributed by atoms with Crippen LogP contribution in [0.3, 0.4) is 0 Å². The summed E-state index contributed by atoms with van der Waals surface area (Å²) >= 11 is 0. The average Bonchev–Trinajstić information content (AvgIpc) is 2.58. The molecule has 0 saturated heterocycles. The van der Waals surface area contributed by atoms with Crippen LogP contribution in [0.25, 0.3) is 0 Å². The Bertz CT molecular complexity index is 729. The van der Waals surface area contributed by atoms with E-state index in [2.05, 4.69) is 4.74 Å². The van der Waals surface area contributed by atoms with Crippen molar-refractivity contribution < 1.29 is 27.5 Å². The molecule has 0 fully saturated rings. The molecular formula is C18H27NO6S. The second kappa shape index (κ2) is 8.18. The molecule has 0 aliphatic heterocycles. The first-order valence-electron chi connectivity index (χ1n) is 8.21. The van der Waals surface area contributed by atoms with E-state index in [0.29, 0.717) is 0 Å². The summed E-state index contributed by atoms with van der Waals surface area (Å²) in [4.78, 5) is 24.6. The number of hydrogen-bond acceptors (Lipinski definition) is 7. The zero-order valence-corrected chi connectivity index (χ0v) is 16.6. The first-order chi connectivity index (χ1) is 12.0. The highest BCUT2D eigenvalue weighted by Crippen LogP contribution is 2.42. The fraction of sp³-hybridized carbons (Fsp3) is 0.556. The van der Waals surface area contributed by atoms with E-state index in [1.807, 2.05) is 0 Å². The topological polar surface area (TPSA) is 113 Å². The number of sulfone groups is 1. The van der Waals surface area contributed by atoms with E-state index in [9.17, 15) is 18.0 Å². The molecule has 0 radical (unpaired) electrons. The van der Waals surface area contributed by atoms with Crippen molar-refractivity contribution in [2.24, 2.45) is 11.7 Å². The van der Waals surface area contributed by atoms with Gasteiger partial charge in [0.2, 0.25) is 0 Å². The highest BCUT2D eigenvalue weighted by molar-refractivity contribution is 7.95. The van der Waals surface area contributed by atoms with Gasteiger partial charge in [0.05, 0.1) is 18.1 Å². The van der Waals surface area contributed by atoms with Crippen molar-refractivity contribution in [1.29, 1.82) is 0 Å². The molecule has 8 heteroatoms. The lowest BCUT2D eigenvalue weighted by molar-refractivity contribution is -0.144. The van der Waals surface area contributed by atoms with Crippen LogP contribution < -0.4 is 5.73 Å². The van der Waals surface area contributed by atoms with E-state index in [1.54, 1.807) is 19.1 Å². The molecule has 146 valence electrons. The van der Waals surface area contributed by atoms with Gasteiger partial charge in [0.15, 0.2) is 14.6 Å². The molecule has 0 aromatic carbocycles. The Balaban J connectivity index is 3.55. The van der Waals surface area contributed by atoms with Crippen molar-refractivity contribution in [2.75, 3.05) is 7.11 Å². The summed E-state index contributed by atoms with van der Waals surface area (Å²) in [5.41, 5.74) is 5.84. The van der Waals surface area contributed by atoms with Crippen LogP contribution in [0.1, 0.15) is 34.1 Å². The molecule has 1 aliphatic rings. The SMILES string of the molecule is CC=COC(=O)C1(S(=O)(=O)C(C)(C)C)C=CC=CC1C[C@H](N)C(=O)OC. The third kappa shape index (κ3) is 3.91. The van der Waals surface area contributed by atoms with Gasteiger partial charge in [-0.2, -0.15) is 0 Å². The molecule has 2 N–H and O–H groups in total. The average molecular weight is 385 g/mol. The van der Waals surface area contributed by atoms with Crippen LogP contribution in [0.15, 0.2) is 36.6 Å². The quantitative estimate of drug-likeness (QED) is 0.546. The Morgan fingerprint density at radius 3 is 2.42 bits per heavy atom. The second-order valence-electron chi connectivity index (χ2n) is 7.00. The van der Waals surface area contributed by atoms with Crippen molar-refractivity contribution in [1.82, 2.24) is 0 Å². The monoisotopic (exact) mass is 385 g/mol. The Hall–Kier alpha value is -1.93. The molecule has 0 amide bonds. The van der Waals surface area contributed by atoms with E-state index in [1.165, 1.54) is 46.1 Å². The number of allylic oxidation sites excluding steroid dienone is 4. The normalized spacial score (nSPS) is 24.5. The van der Waals surface area contributed by atoms with Gasteiger partial charge in [0, 0.05) is 5.92 Å². The molecule has 0 heterocycles. The largest absolute Gasteiger partial charge is 0.468 e. The van der Waals surface area contributed by atoms with Crippen LogP contribution in [0.2, 0.25) is 0 Å². The highest BCUT2D eigenvalue weighted by Gasteiger charge is 2.59. The predicted molar refractivity (Wildman–Crippen MR) is 98.7 cm³/mol. The Morgan fingerprint density at radius 2 is 1.92 bits per heavy atom. The smallest absolute Gasteiger partial charge is 0.336 e. The van der Waals surface area contributed by atoms with Crippen LogP contribution in [-0.4, -0.2) is 43.0 Å². The van der Waals surface area contributed by atoms with E-state index in [4.69, 9.17) is 10.5 Å². The minimum atomic E-state index is -4.07. The highest BCUT2D eigenvalue weighted by atomic mass is 32.2. The van der Waals surface area contributed by atoms with E-state index < -0.39 is 43.2 Å². The molecule has 0 spiro atoms. The minimum absolute atomic E-state index is 0.0895. The number of methoxy groups -OCH3 is 1. The van der Waals surface area contributed by atoms with Crippen LogP contribution in [-0.2, 0) is 28.9 Å². The van der Waals surface area contributed by atoms with Crippen LogP contribution in [0.5, 0.6) is 0 Å². The Morgan fingerprint density at radius 1 is 1.31 bits per heavy atom. The van der Waals surface area contributed by atoms with Gasteiger partial charge in [0.25, 0.3) is 0 Å². The molecule has 1 rings (SSSR count). The van der Waals surface area contributed by atoms with Crippen molar-refractivity contribution in [3.05, 3.63) is 36.6 Å². The first-order valence-corrected chi connectivity index (χ1v) is 9.70. The fourth-order valence-electron chi connectivity index (χ4n) is 2.78.